The number of rotatable bonds is 3. The van der Waals surface area contributed by atoms with Gasteiger partial charge in [0, 0.05) is 0 Å². The van der Waals surface area contributed by atoms with Gasteiger partial charge in [-0.15, -0.1) is 0 Å². The van der Waals surface area contributed by atoms with E-state index in [0.717, 1.165) is 25.2 Å². The van der Waals surface area contributed by atoms with Gasteiger partial charge < -0.3 is 19.9 Å². The molecule has 0 bridgehead atoms. The molecule has 0 amide bonds. The molecule has 1 saturated heterocycles. The summed E-state index contributed by atoms with van der Waals surface area (Å²) < 4.78 is -0.0827. The molecule has 0 radical (unpaired) electrons. The minimum Gasteiger partial charge on any atom is -0.633 e. The Morgan fingerprint density at radius 1 is 1.29 bits per heavy atom. The predicted octanol–water partition coefficient (Wildman–Crippen LogP) is 1.94. The molecule has 0 spiro atoms. The fraction of sp³-hybridized carbons (Fsp3) is 0.538. The van der Waals surface area contributed by atoms with Crippen molar-refractivity contribution in [3.8, 4) is 5.75 Å². The van der Waals surface area contributed by atoms with E-state index in [2.05, 4.69) is 4.90 Å². The molecule has 4 heteroatoms. The van der Waals surface area contributed by atoms with Crippen LogP contribution in [0.4, 0.5) is 5.69 Å². The molecular weight excluding hydrogens is 216 g/mol. The lowest BCUT2D eigenvalue weighted by molar-refractivity contribution is -0.881. The summed E-state index contributed by atoms with van der Waals surface area (Å²) in [5, 5.41) is 22.0. The van der Waals surface area contributed by atoms with E-state index in [1.54, 1.807) is 6.07 Å². The van der Waals surface area contributed by atoms with Crippen molar-refractivity contribution in [1.29, 1.82) is 0 Å². The Morgan fingerprint density at radius 2 is 1.94 bits per heavy atom. The number of phenols is 1. The number of aromatic hydroxyl groups is 1. The molecular formula is C13H20N2O2. The van der Waals surface area contributed by atoms with Crippen LogP contribution >= 0.6 is 0 Å². The largest absolute Gasteiger partial charge is 0.633 e. The van der Waals surface area contributed by atoms with Gasteiger partial charge in [0.15, 0.2) is 0 Å². The van der Waals surface area contributed by atoms with Crippen LogP contribution in [0, 0.1) is 5.21 Å². The lowest BCUT2D eigenvalue weighted by Crippen LogP contribution is -2.56. The topological polar surface area (TPSA) is 46.5 Å². The Bertz CT molecular complexity index is 373. The highest BCUT2D eigenvalue weighted by molar-refractivity contribution is 5.57. The lowest BCUT2D eigenvalue weighted by Gasteiger charge is -2.48. The van der Waals surface area contributed by atoms with Gasteiger partial charge in [0.1, 0.15) is 5.75 Å². The normalized spacial score (nSPS) is 19.3. The SMILES string of the molecule is CCC[N+]1([O-])CCN(c2ccccc2O)CC1. The highest BCUT2D eigenvalue weighted by Crippen LogP contribution is 2.28. The number of hydrogen-bond donors (Lipinski definition) is 1. The van der Waals surface area contributed by atoms with E-state index >= 15 is 0 Å². The fourth-order valence-electron chi connectivity index (χ4n) is 2.43. The Morgan fingerprint density at radius 3 is 2.53 bits per heavy atom. The highest BCUT2D eigenvalue weighted by atomic mass is 16.5. The van der Waals surface area contributed by atoms with Gasteiger partial charge >= 0.3 is 0 Å². The van der Waals surface area contributed by atoms with E-state index in [9.17, 15) is 10.3 Å². The molecule has 0 unspecified atom stereocenters. The van der Waals surface area contributed by atoms with Gasteiger partial charge in [0.25, 0.3) is 0 Å². The van der Waals surface area contributed by atoms with Crippen LogP contribution in [0.1, 0.15) is 13.3 Å². The minimum absolute atomic E-state index is 0.0827. The Hall–Kier alpha value is -1.26. The number of nitrogens with zero attached hydrogens (tertiary/aromatic N) is 2. The van der Waals surface area contributed by atoms with Crippen molar-refractivity contribution in [2.45, 2.75) is 13.3 Å². The Labute approximate surface area is 102 Å². The standard InChI is InChI=1S/C13H20N2O2/c1-2-9-15(17)10-7-14(8-11-15)12-5-3-4-6-13(12)16/h3-6,16H,2,7-11H2,1H3. The zero-order valence-electron chi connectivity index (χ0n) is 10.3. The first-order chi connectivity index (χ1) is 8.14. The van der Waals surface area contributed by atoms with Crippen molar-refractivity contribution in [3.05, 3.63) is 29.5 Å². The number of hydroxylamine groups is 3. The van der Waals surface area contributed by atoms with Crippen LogP contribution < -0.4 is 4.90 Å². The third kappa shape index (κ3) is 2.70. The van der Waals surface area contributed by atoms with Gasteiger partial charge in [-0.2, -0.15) is 0 Å². The molecule has 1 heterocycles. The molecule has 0 atom stereocenters. The average Bonchev–Trinajstić information content (AvgIpc) is 2.31. The number of anilines is 1. The van der Waals surface area contributed by atoms with Crippen LogP contribution in [0.5, 0.6) is 5.75 Å². The number of quaternary nitrogens is 1. The molecule has 1 N–H and O–H groups in total. The van der Waals surface area contributed by atoms with Crippen molar-refractivity contribution in [2.75, 3.05) is 37.6 Å². The number of phenolic OH excluding ortho intramolecular Hbond substituents is 1. The molecule has 0 aromatic heterocycles. The molecule has 4 nitrogen and oxygen atoms in total. The molecule has 0 aliphatic carbocycles. The second kappa shape index (κ2) is 4.94. The van der Waals surface area contributed by atoms with Crippen molar-refractivity contribution in [2.24, 2.45) is 0 Å². The van der Waals surface area contributed by atoms with Gasteiger partial charge in [-0.25, -0.2) is 0 Å². The molecule has 17 heavy (non-hydrogen) atoms. The average molecular weight is 236 g/mol. The van der Waals surface area contributed by atoms with Crippen LogP contribution in [0.15, 0.2) is 24.3 Å². The summed E-state index contributed by atoms with van der Waals surface area (Å²) in [6.07, 6.45) is 0.931. The van der Waals surface area contributed by atoms with E-state index < -0.39 is 0 Å². The molecule has 2 rings (SSSR count). The molecule has 0 saturated carbocycles. The number of para-hydroxylation sites is 2. The maximum Gasteiger partial charge on any atom is 0.138 e. The van der Waals surface area contributed by atoms with Gasteiger partial charge in [0.2, 0.25) is 0 Å². The lowest BCUT2D eigenvalue weighted by atomic mass is 10.2. The number of piperazine rings is 1. The van der Waals surface area contributed by atoms with Crippen LogP contribution in [-0.2, 0) is 0 Å². The molecule has 94 valence electrons. The van der Waals surface area contributed by atoms with Crippen molar-refractivity contribution >= 4 is 5.69 Å². The summed E-state index contributed by atoms with van der Waals surface area (Å²) in [7, 11) is 0. The molecule has 1 fully saturated rings. The van der Waals surface area contributed by atoms with E-state index in [1.807, 2.05) is 25.1 Å². The highest BCUT2D eigenvalue weighted by Gasteiger charge is 2.25. The van der Waals surface area contributed by atoms with Crippen molar-refractivity contribution < 1.29 is 9.75 Å². The van der Waals surface area contributed by atoms with E-state index in [4.69, 9.17) is 0 Å². The minimum atomic E-state index is -0.0827. The maximum atomic E-state index is 12.2. The summed E-state index contributed by atoms with van der Waals surface area (Å²) in [4.78, 5) is 2.10. The number of benzene rings is 1. The van der Waals surface area contributed by atoms with E-state index in [0.29, 0.717) is 25.4 Å². The quantitative estimate of drug-likeness (QED) is 0.644. The first kappa shape index (κ1) is 12.2. The molecule has 1 aliphatic rings. The smallest absolute Gasteiger partial charge is 0.138 e. The molecule has 1 aromatic rings. The monoisotopic (exact) mass is 236 g/mol. The van der Waals surface area contributed by atoms with Crippen LogP contribution in [0.2, 0.25) is 0 Å². The molecule has 1 aromatic carbocycles. The third-order valence-electron chi connectivity index (χ3n) is 3.41. The second-order valence-electron chi connectivity index (χ2n) is 4.70. The van der Waals surface area contributed by atoms with Gasteiger partial charge in [-0.1, -0.05) is 19.1 Å². The van der Waals surface area contributed by atoms with Gasteiger partial charge in [-0.05, 0) is 18.6 Å². The Kier molecular flexibility index (Phi) is 3.54. The summed E-state index contributed by atoms with van der Waals surface area (Å²) >= 11 is 0. The summed E-state index contributed by atoms with van der Waals surface area (Å²) in [5.41, 5.74) is 0.843. The maximum absolute atomic E-state index is 12.2. The van der Waals surface area contributed by atoms with Crippen LogP contribution in [0.3, 0.4) is 0 Å². The second-order valence-corrected chi connectivity index (χ2v) is 4.70. The van der Waals surface area contributed by atoms with E-state index in [-0.39, 0.29) is 4.65 Å². The summed E-state index contributed by atoms with van der Waals surface area (Å²) in [6, 6.07) is 7.32. The van der Waals surface area contributed by atoms with Crippen molar-refractivity contribution in [1.82, 2.24) is 0 Å². The summed E-state index contributed by atoms with van der Waals surface area (Å²) in [6.45, 7) is 5.43. The summed E-state index contributed by atoms with van der Waals surface area (Å²) in [5.74, 6) is 0.300. The predicted molar refractivity (Wildman–Crippen MR) is 68.8 cm³/mol. The van der Waals surface area contributed by atoms with Crippen LogP contribution in [0.25, 0.3) is 0 Å². The zero-order chi connectivity index (χ0) is 12.3. The van der Waals surface area contributed by atoms with Crippen LogP contribution in [-0.4, -0.2) is 42.5 Å². The number of hydrogen-bond acceptors (Lipinski definition) is 3. The van der Waals surface area contributed by atoms with Gasteiger partial charge in [0.05, 0.1) is 38.4 Å². The fourth-order valence-corrected chi connectivity index (χ4v) is 2.43. The van der Waals surface area contributed by atoms with Crippen molar-refractivity contribution in [3.63, 3.8) is 0 Å². The van der Waals surface area contributed by atoms with E-state index in [1.165, 1.54) is 0 Å². The first-order valence-electron chi connectivity index (χ1n) is 6.25. The Balaban J connectivity index is 2.02. The van der Waals surface area contributed by atoms with Gasteiger partial charge in [-0.3, -0.25) is 0 Å². The first-order valence-corrected chi connectivity index (χ1v) is 6.25. The zero-order valence-corrected chi connectivity index (χ0v) is 10.3. The third-order valence-corrected chi connectivity index (χ3v) is 3.41. The molecule has 1 aliphatic heterocycles.